The van der Waals surface area contributed by atoms with Crippen molar-refractivity contribution in [3.63, 3.8) is 0 Å². The number of benzene rings is 2. The number of ether oxygens (including phenoxy) is 2. The third kappa shape index (κ3) is 4.64. The molecule has 4 rings (SSSR count). The topological polar surface area (TPSA) is 87.5 Å². The zero-order valence-electron chi connectivity index (χ0n) is 20.5. The van der Waals surface area contributed by atoms with Gasteiger partial charge in [-0.1, -0.05) is 71.9 Å². The Morgan fingerprint density at radius 1 is 1.00 bits per heavy atom. The Hall–Kier alpha value is -3.91. The molecule has 0 spiro atoms. The molecule has 0 fully saturated rings. The molecule has 0 radical (unpaired) electrons. The van der Waals surface area contributed by atoms with Crippen LogP contribution in [0.15, 0.2) is 87.8 Å². The van der Waals surface area contributed by atoms with E-state index in [2.05, 4.69) is 0 Å². The Balaban J connectivity index is 2.09. The van der Waals surface area contributed by atoms with Crippen LogP contribution in [0.25, 0.3) is 16.9 Å². The molecular weight excluding hydrogens is 476 g/mol. The van der Waals surface area contributed by atoms with E-state index in [0.717, 1.165) is 11.1 Å². The van der Waals surface area contributed by atoms with E-state index in [4.69, 9.17) is 14.5 Å². The number of aryl methyl sites for hydroxylation is 1. The molecule has 0 N–H and O–H groups in total. The van der Waals surface area contributed by atoms with E-state index in [9.17, 15) is 14.4 Å². The lowest BCUT2D eigenvalue weighted by molar-refractivity contribution is -0.139. The fraction of sp³-hybridized carbons (Fsp3) is 0.214. The number of esters is 2. The Morgan fingerprint density at radius 3 is 2.28 bits per heavy atom. The second-order valence-corrected chi connectivity index (χ2v) is 8.98. The molecule has 0 bridgehead atoms. The lowest BCUT2D eigenvalue weighted by Gasteiger charge is -2.26. The molecule has 0 aliphatic heterocycles. The van der Waals surface area contributed by atoms with Gasteiger partial charge in [-0.3, -0.25) is 9.36 Å². The number of hydrogen-bond acceptors (Lipinski definition) is 7. The molecule has 1 aliphatic carbocycles. The summed E-state index contributed by atoms with van der Waals surface area (Å²) in [5.74, 6) is -2.14. The Morgan fingerprint density at radius 2 is 1.67 bits per heavy atom. The van der Waals surface area contributed by atoms with Crippen LogP contribution in [0.5, 0.6) is 0 Å². The average Bonchev–Trinajstić information content (AvgIpc) is 2.92. The van der Waals surface area contributed by atoms with Crippen LogP contribution in [0.3, 0.4) is 0 Å². The summed E-state index contributed by atoms with van der Waals surface area (Å²) in [5.41, 5.74) is 3.04. The molecule has 2 aromatic carbocycles. The first kappa shape index (κ1) is 25.2. The number of thioether (sulfide) groups is 1. The summed E-state index contributed by atoms with van der Waals surface area (Å²) in [4.78, 5) is 44.8. The SMILES string of the molecule is COC(=O)C1=C(C(=O)OC)C(c2c(-c3ccccc3)nc(SC)n(-c3ccc(C)cc3)c2=O)CC=C1. The van der Waals surface area contributed by atoms with Gasteiger partial charge in [-0.05, 0) is 31.7 Å². The summed E-state index contributed by atoms with van der Waals surface area (Å²) >= 11 is 1.35. The number of nitrogens with zero attached hydrogens (tertiary/aromatic N) is 2. The molecule has 0 amide bonds. The van der Waals surface area contributed by atoms with Crippen molar-refractivity contribution in [1.29, 1.82) is 0 Å². The molecule has 1 aromatic heterocycles. The molecule has 0 saturated heterocycles. The smallest absolute Gasteiger partial charge is 0.338 e. The van der Waals surface area contributed by atoms with Crippen molar-refractivity contribution < 1.29 is 19.1 Å². The predicted molar refractivity (Wildman–Crippen MR) is 139 cm³/mol. The van der Waals surface area contributed by atoms with Crippen LogP contribution in [0, 0.1) is 6.92 Å². The van der Waals surface area contributed by atoms with E-state index in [-0.39, 0.29) is 16.7 Å². The molecule has 7 nitrogen and oxygen atoms in total. The first-order valence-electron chi connectivity index (χ1n) is 11.3. The number of methoxy groups -OCH3 is 2. The van der Waals surface area contributed by atoms with E-state index >= 15 is 0 Å². The number of allylic oxidation sites excluding steroid dienone is 1. The standard InChI is InChI=1S/C28H26N2O5S/c1-17-13-15-19(16-14-17)30-25(31)23(24(29-28(30)36-4)18-9-6-5-7-10-18)20-11-8-12-21(26(32)34-2)22(20)27(33)35-3/h5-10,12-16,20H,11H2,1-4H3. The molecular formula is C28H26N2O5S. The minimum absolute atomic E-state index is 0.0647. The van der Waals surface area contributed by atoms with E-state index in [1.807, 2.05) is 67.8 Å². The maximum absolute atomic E-state index is 14.3. The van der Waals surface area contributed by atoms with Crippen LogP contribution in [0.4, 0.5) is 0 Å². The molecule has 1 heterocycles. The largest absolute Gasteiger partial charge is 0.466 e. The highest BCUT2D eigenvalue weighted by atomic mass is 32.2. The summed E-state index contributed by atoms with van der Waals surface area (Å²) in [6, 6.07) is 16.9. The molecule has 36 heavy (non-hydrogen) atoms. The van der Waals surface area contributed by atoms with Gasteiger partial charge in [-0.2, -0.15) is 0 Å². The van der Waals surface area contributed by atoms with Crippen LogP contribution in [-0.4, -0.2) is 42.0 Å². The van der Waals surface area contributed by atoms with Crippen molar-refractivity contribution >= 4 is 23.7 Å². The lowest BCUT2D eigenvalue weighted by Crippen LogP contribution is -2.31. The summed E-state index contributed by atoms with van der Waals surface area (Å²) in [6.45, 7) is 1.97. The number of carbonyl (C=O) groups excluding carboxylic acids is 2. The van der Waals surface area contributed by atoms with Crippen LogP contribution < -0.4 is 5.56 Å². The third-order valence-corrected chi connectivity index (χ3v) is 6.70. The van der Waals surface area contributed by atoms with E-state index in [1.54, 1.807) is 16.7 Å². The fourth-order valence-corrected chi connectivity index (χ4v) is 4.89. The number of rotatable bonds is 6. The Labute approximate surface area is 213 Å². The van der Waals surface area contributed by atoms with Crippen molar-refractivity contribution in [2.75, 3.05) is 20.5 Å². The maximum Gasteiger partial charge on any atom is 0.338 e. The minimum Gasteiger partial charge on any atom is -0.466 e. The predicted octanol–water partition coefficient (Wildman–Crippen LogP) is 4.62. The van der Waals surface area contributed by atoms with Crippen LogP contribution >= 0.6 is 11.8 Å². The van der Waals surface area contributed by atoms with Gasteiger partial charge in [0.25, 0.3) is 5.56 Å². The Bertz CT molecular complexity index is 1420. The van der Waals surface area contributed by atoms with Gasteiger partial charge in [-0.15, -0.1) is 0 Å². The van der Waals surface area contributed by atoms with E-state index in [1.165, 1.54) is 26.0 Å². The van der Waals surface area contributed by atoms with Gasteiger partial charge < -0.3 is 9.47 Å². The normalized spacial score (nSPS) is 15.1. The highest BCUT2D eigenvalue weighted by Gasteiger charge is 2.36. The summed E-state index contributed by atoms with van der Waals surface area (Å²) in [7, 11) is 2.49. The molecule has 1 aliphatic rings. The first-order valence-corrected chi connectivity index (χ1v) is 12.5. The van der Waals surface area contributed by atoms with Gasteiger partial charge in [0.1, 0.15) is 0 Å². The number of carbonyl (C=O) groups is 2. The van der Waals surface area contributed by atoms with Crippen LogP contribution in [-0.2, 0) is 19.1 Å². The fourth-order valence-electron chi connectivity index (χ4n) is 4.33. The molecule has 1 unspecified atom stereocenters. The third-order valence-electron chi connectivity index (χ3n) is 6.06. The second kappa shape index (κ2) is 10.8. The monoisotopic (exact) mass is 502 g/mol. The zero-order chi connectivity index (χ0) is 25.8. The summed E-state index contributed by atoms with van der Waals surface area (Å²) in [6.07, 6.45) is 5.48. The maximum atomic E-state index is 14.3. The van der Waals surface area contributed by atoms with Crippen molar-refractivity contribution in [3.05, 3.63) is 99.4 Å². The molecule has 0 saturated carbocycles. The van der Waals surface area contributed by atoms with E-state index in [0.29, 0.717) is 28.5 Å². The minimum atomic E-state index is -0.764. The Kier molecular flexibility index (Phi) is 7.55. The number of hydrogen-bond donors (Lipinski definition) is 0. The lowest BCUT2D eigenvalue weighted by atomic mass is 9.80. The van der Waals surface area contributed by atoms with Crippen molar-refractivity contribution in [1.82, 2.24) is 9.55 Å². The molecule has 8 heteroatoms. The highest BCUT2D eigenvalue weighted by molar-refractivity contribution is 7.98. The summed E-state index contributed by atoms with van der Waals surface area (Å²) in [5, 5.41) is 0.509. The van der Waals surface area contributed by atoms with Crippen molar-refractivity contribution in [2.45, 2.75) is 24.4 Å². The van der Waals surface area contributed by atoms with Gasteiger partial charge in [0.15, 0.2) is 5.16 Å². The summed E-state index contributed by atoms with van der Waals surface area (Å²) < 4.78 is 11.5. The van der Waals surface area contributed by atoms with Crippen molar-refractivity contribution in [3.8, 4) is 16.9 Å². The molecule has 1 atom stereocenters. The van der Waals surface area contributed by atoms with Gasteiger partial charge in [0.2, 0.25) is 0 Å². The van der Waals surface area contributed by atoms with Crippen LogP contribution in [0.2, 0.25) is 0 Å². The van der Waals surface area contributed by atoms with Gasteiger partial charge in [0, 0.05) is 11.5 Å². The second-order valence-electron chi connectivity index (χ2n) is 8.20. The quantitative estimate of drug-likeness (QED) is 0.276. The number of aromatic nitrogens is 2. The van der Waals surface area contributed by atoms with Crippen LogP contribution in [0.1, 0.15) is 23.5 Å². The molecule has 3 aromatic rings. The van der Waals surface area contributed by atoms with E-state index < -0.39 is 17.9 Å². The average molecular weight is 503 g/mol. The van der Waals surface area contributed by atoms with Gasteiger partial charge >= 0.3 is 11.9 Å². The molecule has 184 valence electrons. The van der Waals surface area contributed by atoms with Gasteiger partial charge in [-0.25, -0.2) is 14.6 Å². The van der Waals surface area contributed by atoms with Crippen molar-refractivity contribution in [2.24, 2.45) is 0 Å². The highest BCUT2D eigenvalue weighted by Crippen LogP contribution is 2.39. The zero-order valence-corrected chi connectivity index (χ0v) is 21.3. The van der Waals surface area contributed by atoms with Gasteiger partial charge in [0.05, 0.1) is 42.3 Å². The first-order chi connectivity index (χ1) is 17.4.